The second-order valence-corrected chi connectivity index (χ2v) is 4.69. The summed E-state index contributed by atoms with van der Waals surface area (Å²) in [6.45, 7) is 0.623. The maximum absolute atomic E-state index is 11.6. The molecule has 1 N–H and O–H groups in total. The van der Waals surface area contributed by atoms with Crippen molar-refractivity contribution in [3.05, 3.63) is 33.8 Å². The Balaban J connectivity index is 1.96. The molecule has 6 heteroatoms. The molecule has 0 aliphatic carbocycles. The van der Waals surface area contributed by atoms with Crippen LogP contribution in [0.5, 0.6) is 0 Å². The predicted octanol–water partition coefficient (Wildman–Crippen LogP) is 2.62. The number of benzene rings is 1. The molecule has 1 heterocycles. The van der Waals surface area contributed by atoms with Crippen molar-refractivity contribution in [3.8, 4) is 0 Å². The van der Waals surface area contributed by atoms with E-state index in [2.05, 4.69) is 10.5 Å². The van der Waals surface area contributed by atoms with Gasteiger partial charge in [0, 0.05) is 12.2 Å². The van der Waals surface area contributed by atoms with Gasteiger partial charge in [-0.05, 0) is 25.0 Å². The van der Waals surface area contributed by atoms with E-state index < -0.39 is 6.10 Å². The van der Waals surface area contributed by atoms with Crippen LogP contribution >= 0.6 is 23.2 Å². The second kappa shape index (κ2) is 6.18. The molecule has 4 nitrogen and oxygen atoms in total. The lowest BCUT2D eigenvalue weighted by Gasteiger charge is -2.06. The third kappa shape index (κ3) is 3.22. The Bertz CT molecular complexity index is 451. The minimum absolute atomic E-state index is 0.244. The van der Waals surface area contributed by atoms with E-state index in [1.54, 1.807) is 18.2 Å². The number of nitrogens with one attached hydrogen (secondary N) is 1. The van der Waals surface area contributed by atoms with Gasteiger partial charge in [0.1, 0.15) is 6.10 Å². The standard InChI is InChI=1S/C12H12Cl2N2O2/c13-9-3-1-4-10(14)8(9)7-15-16-12(17)11-5-2-6-18-11/h1,3-4,7,11H,2,5-6H2,(H,16,17)/b15-7-/t11-/m0/s1. The number of hydrogen-bond donors (Lipinski definition) is 1. The maximum Gasteiger partial charge on any atom is 0.269 e. The van der Waals surface area contributed by atoms with Crippen LogP contribution in [-0.4, -0.2) is 24.8 Å². The number of amides is 1. The number of hydrazone groups is 1. The lowest BCUT2D eigenvalue weighted by molar-refractivity contribution is -0.130. The molecule has 1 atom stereocenters. The Kier molecular flexibility index (Phi) is 4.58. The van der Waals surface area contributed by atoms with Crippen molar-refractivity contribution in [1.82, 2.24) is 5.43 Å². The molecular formula is C12H12Cl2N2O2. The van der Waals surface area contributed by atoms with Crippen molar-refractivity contribution in [1.29, 1.82) is 0 Å². The maximum atomic E-state index is 11.6. The van der Waals surface area contributed by atoms with Crippen LogP contribution in [0.3, 0.4) is 0 Å². The Morgan fingerprint density at radius 1 is 1.44 bits per heavy atom. The summed E-state index contributed by atoms with van der Waals surface area (Å²) < 4.78 is 5.23. The molecular weight excluding hydrogens is 275 g/mol. The van der Waals surface area contributed by atoms with Gasteiger partial charge in [-0.2, -0.15) is 5.10 Å². The fraction of sp³-hybridized carbons (Fsp3) is 0.333. The summed E-state index contributed by atoms with van der Waals surface area (Å²) in [7, 11) is 0. The zero-order chi connectivity index (χ0) is 13.0. The first-order valence-corrected chi connectivity index (χ1v) is 6.32. The molecule has 1 amide bonds. The van der Waals surface area contributed by atoms with Crippen LogP contribution in [0.1, 0.15) is 18.4 Å². The first kappa shape index (κ1) is 13.3. The van der Waals surface area contributed by atoms with Crippen molar-refractivity contribution in [2.75, 3.05) is 6.61 Å². The number of ether oxygens (including phenoxy) is 1. The molecule has 0 radical (unpaired) electrons. The van der Waals surface area contributed by atoms with E-state index in [-0.39, 0.29) is 5.91 Å². The monoisotopic (exact) mass is 286 g/mol. The Morgan fingerprint density at radius 2 is 2.17 bits per heavy atom. The van der Waals surface area contributed by atoms with Gasteiger partial charge in [0.25, 0.3) is 5.91 Å². The van der Waals surface area contributed by atoms with Crippen molar-refractivity contribution < 1.29 is 9.53 Å². The van der Waals surface area contributed by atoms with Crippen molar-refractivity contribution >= 4 is 35.3 Å². The van der Waals surface area contributed by atoms with E-state index in [9.17, 15) is 4.79 Å². The summed E-state index contributed by atoms with van der Waals surface area (Å²) in [5, 5.41) is 4.80. The molecule has 2 rings (SSSR count). The fourth-order valence-electron chi connectivity index (χ4n) is 1.65. The highest BCUT2D eigenvalue weighted by Gasteiger charge is 2.22. The summed E-state index contributed by atoms with van der Waals surface area (Å²) in [6.07, 6.45) is 2.66. The quantitative estimate of drug-likeness (QED) is 0.686. The van der Waals surface area contributed by atoms with Crippen LogP contribution in [-0.2, 0) is 9.53 Å². The summed E-state index contributed by atoms with van der Waals surface area (Å²) in [5.41, 5.74) is 2.99. The molecule has 1 fully saturated rings. The van der Waals surface area contributed by atoms with Crippen LogP contribution < -0.4 is 5.43 Å². The van der Waals surface area contributed by atoms with Gasteiger partial charge in [0.15, 0.2) is 0 Å². The molecule has 0 aromatic heterocycles. The van der Waals surface area contributed by atoms with E-state index in [1.807, 2.05) is 0 Å². The predicted molar refractivity (Wildman–Crippen MR) is 71.2 cm³/mol. The molecule has 0 spiro atoms. The van der Waals surface area contributed by atoms with Crippen LogP contribution in [0.15, 0.2) is 23.3 Å². The first-order valence-electron chi connectivity index (χ1n) is 5.57. The number of nitrogens with zero attached hydrogens (tertiary/aromatic N) is 1. The molecule has 0 unspecified atom stereocenters. The largest absolute Gasteiger partial charge is 0.368 e. The van der Waals surface area contributed by atoms with Crippen molar-refractivity contribution in [2.45, 2.75) is 18.9 Å². The van der Waals surface area contributed by atoms with Gasteiger partial charge in [-0.3, -0.25) is 4.79 Å². The van der Waals surface area contributed by atoms with E-state index in [1.165, 1.54) is 6.21 Å². The van der Waals surface area contributed by atoms with Crippen LogP contribution in [0.2, 0.25) is 10.0 Å². The molecule has 96 valence electrons. The van der Waals surface area contributed by atoms with Gasteiger partial charge in [-0.25, -0.2) is 5.43 Å². The third-order valence-electron chi connectivity index (χ3n) is 2.59. The smallest absolute Gasteiger partial charge is 0.269 e. The highest BCUT2D eigenvalue weighted by atomic mass is 35.5. The van der Waals surface area contributed by atoms with Gasteiger partial charge in [-0.15, -0.1) is 0 Å². The molecule has 18 heavy (non-hydrogen) atoms. The van der Waals surface area contributed by atoms with E-state index in [0.717, 1.165) is 12.8 Å². The number of rotatable bonds is 3. The van der Waals surface area contributed by atoms with Gasteiger partial charge in [-0.1, -0.05) is 29.3 Å². The highest BCUT2D eigenvalue weighted by Crippen LogP contribution is 2.22. The fourth-order valence-corrected chi connectivity index (χ4v) is 2.15. The van der Waals surface area contributed by atoms with Crippen LogP contribution in [0, 0.1) is 0 Å². The van der Waals surface area contributed by atoms with Crippen molar-refractivity contribution in [3.63, 3.8) is 0 Å². The number of carbonyl (C=O) groups excluding carboxylic acids is 1. The van der Waals surface area contributed by atoms with E-state index >= 15 is 0 Å². The third-order valence-corrected chi connectivity index (χ3v) is 3.25. The summed E-state index contributed by atoms with van der Waals surface area (Å²) >= 11 is 11.9. The lowest BCUT2D eigenvalue weighted by Crippen LogP contribution is -2.30. The molecule has 1 aromatic carbocycles. The molecule has 1 aromatic rings. The van der Waals surface area contributed by atoms with Crippen LogP contribution in [0.4, 0.5) is 0 Å². The van der Waals surface area contributed by atoms with Gasteiger partial charge in [0.05, 0.1) is 16.3 Å². The molecule has 0 bridgehead atoms. The minimum atomic E-state index is -0.399. The molecule has 1 saturated heterocycles. The van der Waals surface area contributed by atoms with Crippen molar-refractivity contribution in [2.24, 2.45) is 5.10 Å². The Morgan fingerprint density at radius 3 is 2.78 bits per heavy atom. The molecule has 1 aliphatic rings. The average Bonchev–Trinajstić information content (AvgIpc) is 2.86. The topological polar surface area (TPSA) is 50.7 Å². The Labute approximate surface area is 115 Å². The summed E-state index contributed by atoms with van der Waals surface area (Å²) in [6, 6.07) is 5.15. The van der Waals surface area contributed by atoms with E-state index in [0.29, 0.717) is 22.2 Å². The summed E-state index contributed by atoms with van der Waals surface area (Å²) in [4.78, 5) is 11.6. The van der Waals surface area contributed by atoms with Gasteiger partial charge in [0.2, 0.25) is 0 Å². The lowest BCUT2D eigenvalue weighted by atomic mass is 10.2. The zero-order valence-corrected chi connectivity index (χ0v) is 11.0. The molecule has 0 saturated carbocycles. The average molecular weight is 287 g/mol. The normalized spacial score (nSPS) is 19.3. The second-order valence-electron chi connectivity index (χ2n) is 3.87. The number of hydrogen-bond acceptors (Lipinski definition) is 3. The van der Waals surface area contributed by atoms with Crippen LogP contribution in [0.25, 0.3) is 0 Å². The van der Waals surface area contributed by atoms with Gasteiger partial charge < -0.3 is 4.74 Å². The Hall–Kier alpha value is -1.10. The first-order chi connectivity index (χ1) is 8.68. The number of halogens is 2. The van der Waals surface area contributed by atoms with E-state index in [4.69, 9.17) is 27.9 Å². The minimum Gasteiger partial charge on any atom is -0.368 e. The SMILES string of the molecule is O=C(N/N=C\c1c(Cl)cccc1Cl)[C@@H]1CCCO1. The number of carbonyl (C=O) groups is 1. The van der Waals surface area contributed by atoms with Gasteiger partial charge >= 0.3 is 0 Å². The summed E-state index contributed by atoms with van der Waals surface area (Å²) in [5.74, 6) is -0.244. The highest BCUT2D eigenvalue weighted by molar-refractivity contribution is 6.38. The zero-order valence-electron chi connectivity index (χ0n) is 9.53. The molecule has 1 aliphatic heterocycles.